The van der Waals surface area contributed by atoms with E-state index < -0.39 is 11.8 Å². The van der Waals surface area contributed by atoms with Gasteiger partial charge in [0.1, 0.15) is 5.82 Å². The Morgan fingerprint density at radius 3 is 2.79 bits per heavy atom. The molecule has 14 heavy (non-hydrogen) atoms. The van der Waals surface area contributed by atoms with Gasteiger partial charge in [-0.2, -0.15) is 0 Å². The fraction of sp³-hybridized carbons (Fsp3) is 0.300. The van der Waals surface area contributed by atoms with Gasteiger partial charge in [-0.3, -0.25) is 4.79 Å². The summed E-state index contributed by atoms with van der Waals surface area (Å²) in [5.74, 6) is -1.03. The van der Waals surface area contributed by atoms with Crippen LogP contribution in [0.15, 0.2) is 12.1 Å². The molecule has 0 unspecified atom stereocenters. The van der Waals surface area contributed by atoms with E-state index in [1.807, 2.05) is 0 Å². The predicted molar refractivity (Wildman–Crippen MR) is 51.9 cm³/mol. The molecule has 76 valence electrons. The third kappa shape index (κ3) is 2.45. The monoisotopic (exact) mass is 216 g/mol. The van der Waals surface area contributed by atoms with Gasteiger partial charge in [-0.15, -0.1) is 0 Å². The summed E-state index contributed by atoms with van der Waals surface area (Å²) in [6.07, 6.45) is -0.0935. The minimum atomic E-state index is -0.553. The standard InChI is InChI=1S/C10H10ClFO2/c1-6-3-7(5-9(13)14-2)10(12)8(11)4-6/h3-4H,5H2,1-2H3. The first-order valence-corrected chi connectivity index (χ1v) is 4.43. The van der Waals surface area contributed by atoms with Crippen LogP contribution in [0.3, 0.4) is 0 Å². The SMILES string of the molecule is COC(=O)Cc1cc(C)cc(Cl)c1F. The minimum absolute atomic E-state index is 0.0314. The van der Waals surface area contributed by atoms with Gasteiger partial charge in [-0.25, -0.2) is 4.39 Å². The molecule has 0 radical (unpaired) electrons. The molecule has 0 aromatic heterocycles. The molecule has 0 saturated carbocycles. The largest absolute Gasteiger partial charge is 0.469 e. The first-order chi connectivity index (χ1) is 6.54. The number of methoxy groups -OCH3 is 1. The summed E-state index contributed by atoms with van der Waals surface area (Å²) in [6.45, 7) is 1.78. The van der Waals surface area contributed by atoms with Crippen molar-refractivity contribution in [2.24, 2.45) is 0 Å². The van der Waals surface area contributed by atoms with Crippen molar-refractivity contribution in [3.05, 3.63) is 34.1 Å². The molecule has 4 heteroatoms. The number of hydrogen-bond donors (Lipinski definition) is 0. The molecule has 0 fully saturated rings. The number of hydrogen-bond acceptors (Lipinski definition) is 2. The van der Waals surface area contributed by atoms with Crippen LogP contribution in [0.25, 0.3) is 0 Å². The number of carbonyl (C=O) groups excluding carboxylic acids is 1. The van der Waals surface area contributed by atoms with Gasteiger partial charge in [-0.1, -0.05) is 17.7 Å². The van der Waals surface area contributed by atoms with E-state index in [4.69, 9.17) is 11.6 Å². The average Bonchev–Trinajstić information content (AvgIpc) is 2.13. The minimum Gasteiger partial charge on any atom is -0.469 e. The molecule has 0 heterocycles. The Morgan fingerprint density at radius 2 is 2.21 bits per heavy atom. The lowest BCUT2D eigenvalue weighted by Crippen LogP contribution is -2.06. The van der Waals surface area contributed by atoms with Crippen molar-refractivity contribution in [3.8, 4) is 0 Å². The van der Waals surface area contributed by atoms with Crippen LogP contribution in [0.1, 0.15) is 11.1 Å². The molecule has 0 aliphatic rings. The zero-order chi connectivity index (χ0) is 10.7. The second-order valence-electron chi connectivity index (χ2n) is 2.97. The van der Waals surface area contributed by atoms with Gasteiger partial charge in [0.05, 0.1) is 18.6 Å². The zero-order valence-electron chi connectivity index (χ0n) is 7.93. The summed E-state index contributed by atoms with van der Waals surface area (Å²) in [7, 11) is 1.26. The smallest absolute Gasteiger partial charge is 0.310 e. The van der Waals surface area contributed by atoms with E-state index in [0.717, 1.165) is 5.56 Å². The Bertz CT molecular complexity index is 363. The maximum Gasteiger partial charge on any atom is 0.310 e. The number of esters is 1. The van der Waals surface area contributed by atoms with Crippen molar-refractivity contribution in [1.29, 1.82) is 0 Å². The Labute approximate surface area is 86.6 Å². The zero-order valence-corrected chi connectivity index (χ0v) is 8.69. The van der Waals surface area contributed by atoms with Crippen molar-refractivity contribution < 1.29 is 13.9 Å². The van der Waals surface area contributed by atoms with Gasteiger partial charge in [0, 0.05) is 5.56 Å². The molecule has 0 bridgehead atoms. The maximum atomic E-state index is 13.3. The van der Waals surface area contributed by atoms with E-state index in [-0.39, 0.29) is 17.0 Å². The number of ether oxygens (including phenoxy) is 1. The fourth-order valence-electron chi connectivity index (χ4n) is 1.15. The van der Waals surface area contributed by atoms with Gasteiger partial charge < -0.3 is 4.74 Å². The van der Waals surface area contributed by atoms with E-state index in [1.54, 1.807) is 13.0 Å². The summed E-state index contributed by atoms with van der Waals surface area (Å²) < 4.78 is 17.8. The van der Waals surface area contributed by atoms with E-state index in [0.29, 0.717) is 0 Å². The number of benzene rings is 1. The molecule has 1 aromatic rings. The van der Waals surface area contributed by atoms with Crippen LogP contribution in [0.2, 0.25) is 5.02 Å². The van der Waals surface area contributed by atoms with E-state index in [1.165, 1.54) is 13.2 Å². The highest BCUT2D eigenvalue weighted by Gasteiger charge is 2.11. The molecule has 1 aromatic carbocycles. The summed E-state index contributed by atoms with van der Waals surface area (Å²) in [6, 6.07) is 3.09. The predicted octanol–water partition coefficient (Wildman–Crippen LogP) is 2.50. The molecule has 0 aliphatic carbocycles. The fourth-order valence-corrected chi connectivity index (χ4v) is 1.45. The summed E-state index contributed by atoms with van der Waals surface area (Å²) in [5.41, 5.74) is 1.08. The lowest BCUT2D eigenvalue weighted by Gasteiger charge is -2.05. The molecule has 0 N–H and O–H groups in total. The molecular formula is C10H10ClFO2. The molecule has 0 atom stereocenters. The normalized spacial score (nSPS) is 10.0. The van der Waals surface area contributed by atoms with Crippen LogP contribution < -0.4 is 0 Å². The third-order valence-corrected chi connectivity index (χ3v) is 2.09. The van der Waals surface area contributed by atoms with Crippen molar-refractivity contribution in [1.82, 2.24) is 0 Å². The van der Waals surface area contributed by atoms with Gasteiger partial charge in [-0.05, 0) is 18.6 Å². The van der Waals surface area contributed by atoms with Gasteiger partial charge in [0.2, 0.25) is 0 Å². The Balaban J connectivity index is 3.02. The maximum absolute atomic E-state index is 13.3. The summed E-state index contributed by atoms with van der Waals surface area (Å²) in [4.78, 5) is 10.9. The molecule has 0 saturated heterocycles. The Morgan fingerprint density at radius 1 is 1.57 bits per heavy atom. The summed E-state index contributed by atoms with van der Waals surface area (Å²) >= 11 is 5.62. The molecular weight excluding hydrogens is 207 g/mol. The van der Waals surface area contributed by atoms with Gasteiger partial charge in [0.15, 0.2) is 0 Å². The van der Waals surface area contributed by atoms with Gasteiger partial charge in [0.25, 0.3) is 0 Å². The molecule has 1 rings (SSSR count). The molecule has 0 spiro atoms. The molecule has 2 nitrogen and oxygen atoms in total. The van der Waals surface area contributed by atoms with Crippen LogP contribution >= 0.6 is 11.6 Å². The van der Waals surface area contributed by atoms with Crippen LogP contribution in [0, 0.1) is 12.7 Å². The first-order valence-electron chi connectivity index (χ1n) is 4.06. The second kappa shape index (κ2) is 4.42. The van der Waals surface area contributed by atoms with E-state index >= 15 is 0 Å². The number of halogens is 2. The Hall–Kier alpha value is -1.09. The van der Waals surface area contributed by atoms with Crippen LogP contribution in [-0.4, -0.2) is 13.1 Å². The Kier molecular flexibility index (Phi) is 3.47. The highest BCUT2D eigenvalue weighted by molar-refractivity contribution is 6.30. The third-order valence-electron chi connectivity index (χ3n) is 1.81. The second-order valence-corrected chi connectivity index (χ2v) is 3.38. The van der Waals surface area contributed by atoms with Crippen molar-refractivity contribution in [3.63, 3.8) is 0 Å². The van der Waals surface area contributed by atoms with Crippen molar-refractivity contribution in [2.75, 3.05) is 7.11 Å². The van der Waals surface area contributed by atoms with E-state index in [2.05, 4.69) is 4.74 Å². The quantitative estimate of drug-likeness (QED) is 0.710. The van der Waals surface area contributed by atoms with Crippen LogP contribution in [0.4, 0.5) is 4.39 Å². The highest BCUT2D eigenvalue weighted by atomic mass is 35.5. The molecule has 0 aliphatic heterocycles. The lowest BCUT2D eigenvalue weighted by atomic mass is 10.1. The first kappa shape index (κ1) is 11.0. The van der Waals surface area contributed by atoms with E-state index in [9.17, 15) is 9.18 Å². The molecule has 0 amide bonds. The lowest BCUT2D eigenvalue weighted by molar-refractivity contribution is -0.139. The number of rotatable bonds is 2. The van der Waals surface area contributed by atoms with Crippen molar-refractivity contribution in [2.45, 2.75) is 13.3 Å². The van der Waals surface area contributed by atoms with Crippen LogP contribution in [0.5, 0.6) is 0 Å². The highest BCUT2D eigenvalue weighted by Crippen LogP contribution is 2.21. The topological polar surface area (TPSA) is 26.3 Å². The van der Waals surface area contributed by atoms with Crippen LogP contribution in [-0.2, 0) is 16.0 Å². The summed E-state index contributed by atoms with van der Waals surface area (Å²) in [5, 5.41) is 0.0314. The average molecular weight is 217 g/mol. The van der Waals surface area contributed by atoms with Gasteiger partial charge >= 0.3 is 5.97 Å². The number of carbonyl (C=O) groups is 1. The van der Waals surface area contributed by atoms with Crippen molar-refractivity contribution >= 4 is 17.6 Å². The number of aryl methyl sites for hydroxylation is 1.